The standard InChI is InChI=1S/2C24H21N3O3.2C22H21N3O3.C21H19N3O3/c1-15-5-8-18(9-6-15)24(11-13-29-20-4-3-12-25-22(20)24)27-23(28)17-7-10-19-21(14-17)30-16(2)26-19;1-15-4-7-18(8-5-15)24(10-12-30-20-3-2-11-25-21(20)24)27-22(28)16-6-9-19-17(13-16)14-26-23(19)29;1-15-5-8-17(9-6-15)22(11-13-28-18-4-3-12-23-20(18)22)24-21(27)16-7-10-19(26)25(2)14-16;1-15-5-7-17(8-6-15)22(10-13-28-18-4-3-11-23-20(18)22)24-21(27)16-9-12-25(2)19(26)14-16;1-14-4-6-16(7-5-14)21(9-12-27-17-3-2-10-23-19(17)21)24-20(26)15-8-11-22-18(25)13-15/h3-10,12,14,26H,2,11,13H2,1H3,(H,27,28);2-9,11,13H,10,12,14H2,1H3,(H,26,29)(H,27,28);3-10,12,14H,11,13H2,1-2H3,(H,24,27);3-9,11-12,14H,10,13H2,1-2H3,(H,24,27);2-8,10-11,13H,9,12H2,1H3,(H,22,25)(H,24,26). The number of pyridine rings is 8. The minimum Gasteiger partial charge on any atom is -0.491 e. The van der Waals surface area contributed by atoms with E-state index in [1.807, 2.05) is 223 Å². The molecule has 30 nitrogen and oxygen atoms in total. The number of nitrogens with zero attached hydrogens (tertiary/aromatic N) is 7. The molecule has 15 aromatic rings. The molecule has 0 saturated carbocycles. The molecule has 7 aromatic carbocycles. The number of fused-ring (bicyclic) bond motifs is 7. The number of anilines is 1. The fraction of sp³-hybridized carbons (Fsp3) is 0.204. The van der Waals surface area contributed by atoms with Crippen molar-refractivity contribution in [2.45, 2.75) is 101 Å². The number of aryl methyl sites for hydroxylation is 7. The molecule has 5 unspecified atom stereocenters. The number of amides is 6. The molecule has 720 valence electrons. The van der Waals surface area contributed by atoms with Crippen LogP contribution in [0.3, 0.4) is 0 Å². The third-order valence-electron chi connectivity index (χ3n) is 26.5. The summed E-state index contributed by atoms with van der Waals surface area (Å²) in [6.07, 6.45) is 15.9. The number of carbonyl (C=O) groups is 6. The lowest BCUT2D eigenvalue weighted by molar-refractivity contribution is 0.0874. The SMILES string of the molecule is C=C1Nc2ccc(C(=O)NC3(c4ccc(C)cc4)CCOc4cccnc43)cc2O1.Cc1ccc(C2(NC(=O)c3cc[nH]c(=O)c3)CCOc3cccnc32)cc1.Cc1ccc(C2(NC(=O)c3ccc(=O)n(C)c3)CCOc3cccnc32)cc1.Cc1ccc(C2(NC(=O)c3ccc4c(c3)CNC4=O)CCOc3cccnc32)cc1.Cc1ccc(C2(NC(=O)c3ccn(C)c(=O)c3)CCOc3cccnc32)cc1. The Morgan fingerprint density at radius 1 is 0.350 bits per heavy atom. The van der Waals surface area contributed by atoms with Crippen molar-refractivity contribution in [3.05, 3.63) is 471 Å². The summed E-state index contributed by atoms with van der Waals surface area (Å²) in [6.45, 7) is 16.6. The number of carbonyl (C=O) groups excluding carboxylic acids is 6. The van der Waals surface area contributed by atoms with Gasteiger partial charge >= 0.3 is 0 Å². The summed E-state index contributed by atoms with van der Waals surface area (Å²) in [5.41, 5.74) is 13.4. The molecule has 143 heavy (non-hydrogen) atoms. The fourth-order valence-electron chi connectivity index (χ4n) is 18.7. The largest absolute Gasteiger partial charge is 0.491 e. The third-order valence-corrected chi connectivity index (χ3v) is 26.5. The Bertz CT molecular complexity index is 7610. The monoisotopic (exact) mass is 1910 g/mol. The summed E-state index contributed by atoms with van der Waals surface area (Å²) in [6, 6.07) is 78.1. The highest BCUT2D eigenvalue weighted by molar-refractivity contribution is 6.02. The first kappa shape index (κ1) is 95.6. The predicted molar refractivity (Wildman–Crippen MR) is 537 cm³/mol. The van der Waals surface area contributed by atoms with E-state index in [1.54, 1.807) is 106 Å². The number of hydrogen-bond acceptors (Lipinski definition) is 21. The van der Waals surface area contributed by atoms with Crippen LogP contribution in [0.15, 0.2) is 331 Å². The maximum Gasteiger partial charge on any atom is 0.253 e. The van der Waals surface area contributed by atoms with Crippen molar-refractivity contribution in [3.63, 3.8) is 0 Å². The molecule has 0 bridgehead atoms. The first-order chi connectivity index (χ1) is 69.2. The zero-order valence-electron chi connectivity index (χ0n) is 79.6. The molecular formula is C113H103N15O15. The van der Waals surface area contributed by atoms with E-state index in [-0.39, 0.29) is 52.1 Å². The summed E-state index contributed by atoms with van der Waals surface area (Å²) in [4.78, 5) is 138. The van der Waals surface area contributed by atoms with Gasteiger partial charge in [0.15, 0.2) is 11.6 Å². The molecule has 22 rings (SSSR count). The van der Waals surface area contributed by atoms with E-state index in [4.69, 9.17) is 28.4 Å². The van der Waals surface area contributed by atoms with Crippen LogP contribution in [-0.2, 0) is 48.3 Å². The number of H-pyrrole nitrogens is 1. The topological polar surface area (TPSA) is 383 Å². The van der Waals surface area contributed by atoms with Crippen LogP contribution < -0.4 is 82.3 Å². The second-order valence-corrected chi connectivity index (χ2v) is 36.0. The lowest BCUT2D eigenvalue weighted by atomic mass is 9.81. The van der Waals surface area contributed by atoms with E-state index in [0.717, 1.165) is 66.9 Å². The zero-order valence-corrected chi connectivity index (χ0v) is 79.6. The summed E-state index contributed by atoms with van der Waals surface area (Å²) in [7, 11) is 3.27. The molecule has 0 radical (unpaired) electrons. The second kappa shape index (κ2) is 40.8. The molecule has 7 aliphatic heterocycles. The molecule has 0 aliphatic carbocycles. The first-order valence-electron chi connectivity index (χ1n) is 46.8. The van der Waals surface area contributed by atoms with E-state index in [2.05, 4.69) is 73.7 Å². The molecule has 8 aromatic heterocycles. The van der Waals surface area contributed by atoms with Crippen molar-refractivity contribution in [2.75, 3.05) is 38.4 Å². The number of hydrogen-bond donors (Lipinski definition) is 8. The highest BCUT2D eigenvalue weighted by Gasteiger charge is 2.49. The normalized spacial score (nSPS) is 18.6. The minimum absolute atomic E-state index is 0.101. The van der Waals surface area contributed by atoms with Gasteiger partial charge in [-0.1, -0.05) is 149 Å². The van der Waals surface area contributed by atoms with E-state index in [1.165, 1.54) is 33.5 Å². The van der Waals surface area contributed by atoms with Crippen molar-refractivity contribution in [1.82, 2.24) is 70.9 Å². The fourth-order valence-corrected chi connectivity index (χ4v) is 18.7. The van der Waals surface area contributed by atoms with Crippen LogP contribution in [0.4, 0.5) is 5.69 Å². The summed E-state index contributed by atoms with van der Waals surface area (Å²) >= 11 is 0. The molecule has 30 heteroatoms. The Hall–Kier alpha value is -17.7. The van der Waals surface area contributed by atoms with E-state index < -0.39 is 27.7 Å². The van der Waals surface area contributed by atoms with Crippen LogP contribution in [0, 0.1) is 34.6 Å². The maximum absolute atomic E-state index is 13.4. The van der Waals surface area contributed by atoms with Gasteiger partial charge in [-0.05, 0) is 190 Å². The maximum atomic E-state index is 13.4. The van der Waals surface area contributed by atoms with E-state index in [9.17, 15) is 43.2 Å². The number of aromatic nitrogens is 8. The molecule has 0 fully saturated rings. The van der Waals surface area contributed by atoms with Crippen molar-refractivity contribution >= 4 is 41.1 Å². The number of benzene rings is 7. The van der Waals surface area contributed by atoms with Gasteiger partial charge in [-0.3, -0.25) is 68.1 Å². The van der Waals surface area contributed by atoms with Crippen LogP contribution in [0.5, 0.6) is 34.5 Å². The molecule has 5 atom stereocenters. The first-order valence-corrected chi connectivity index (χ1v) is 46.8. The Kier molecular flexibility index (Phi) is 27.3. The number of aromatic amines is 1. The number of rotatable bonds is 15. The van der Waals surface area contributed by atoms with Gasteiger partial charge in [-0.15, -0.1) is 0 Å². The smallest absolute Gasteiger partial charge is 0.253 e. The third kappa shape index (κ3) is 19.8. The van der Waals surface area contributed by atoms with Crippen LogP contribution in [0.2, 0.25) is 0 Å². The molecule has 7 aliphatic rings. The van der Waals surface area contributed by atoms with Gasteiger partial charge in [-0.25, -0.2) is 0 Å². The van der Waals surface area contributed by atoms with Crippen LogP contribution in [-0.4, -0.2) is 108 Å². The average Bonchev–Trinajstić information content (AvgIpc) is 1.46. The summed E-state index contributed by atoms with van der Waals surface area (Å²) in [5, 5.41) is 21.8. The quantitative estimate of drug-likeness (QED) is 0.0472. The van der Waals surface area contributed by atoms with Crippen LogP contribution in [0.25, 0.3) is 0 Å². The Morgan fingerprint density at radius 3 is 1.03 bits per heavy atom. The lowest BCUT2D eigenvalue weighted by Crippen LogP contribution is -2.50. The van der Waals surface area contributed by atoms with E-state index >= 15 is 0 Å². The van der Waals surface area contributed by atoms with Gasteiger partial charge in [0.25, 0.3) is 41.0 Å². The summed E-state index contributed by atoms with van der Waals surface area (Å²) < 4.78 is 37.4. The van der Waals surface area contributed by atoms with Crippen molar-refractivity contribution in [2.24, 2.45) is 14.1 Å². The van der Waals surface area contributed by atoms with Crippen molar-refractivity contribution in [1.29, 1.82) is 0 Å². The molecule has 0 saturated heterocycles. The molecular weight excluding hydrogens is 1810 g/mol. The lowest BCUT2D eigenvalue weighted by Gasteiger charge is -2.39. The highest BCUT2D eigenvalue weighted by Crippen LogP contribution is 2.48. The summed E-state index contributed by atoms with van der Waals surface area (Å²) in [5.74, 6) is 2.90. The Morgan fingerprint density at radius 2 is 0.678 bits per heavy atom. The van der Waals surface area contributed by atoms with Gasteiger partial charge in [0.1, 0.15) is 84.9 Å². The number of ether oxygens (including phenoxy) is 6. The van der Waals surface area contributed by atoms with Gasteiger partial charge in [0, 0.05) is 148 Å². The van der Waals surface area contributed by atoms with Crippen LogP contribution in [0.1, 0.15) is 184 Å². The molecule has 15 heterocycles. The van der Waals surface area contributed by atoms with Crippen molar-refractivity contribution in [3.8, 4) is 34.5 Å². The number of nitrogens with one attached hydrogen (secondary N) is 8. The molecule has 6 amide bonds. The van der Waals surface area contributed by atoms with E-state index in [0.29, 0.717) is 174 Å². The Labute approximate surface area is 823 Å². The highest BCUT2D eigenvalue weighted by atomic mass is 16.5. The molecule has 0 spiro atoms. The van der Waals surface area contributed by atoms with Crippen LogP contribution >= 0.6 is 0 Å². The average molecular weight is 1910 g/mol. The molecule has 8 N–H and O–H groups in total. The van der Waals surface area contributed by atoms with Gasteiger partial charge in [-0.2, -0.15) is 0 Å². The van der Waals surface area contributed by atoms with Crippen molar-refractivity contribution < 1.29 is 57.2 Å². The van der Waals surface area contributed by atoms with Gasteiger partial charge < -0.3 is 79.8 Å². The van der Waals surface area contributed by atoms with Gasteiger partial charge in [0.05, 0.1) is 44.3 Å². The van der Waals surface area contributed by atoms with Gasteiger partial charge in [0.2, 0.25) is 11.1 Å². The minimum atomic E-state index is -0.833. The zero-order chi connectivity index (χ0) is 99.7. The second-order valence-electron chi connectivity index (χ2n) is 36.0. The predicted octanol–water partition coefficient (Wildman–Crippen LogP) is 14.8. The Balaban J connectivity index is 0.000000118.